The highest BCUT2D eigenvalue weighted by Gasteiger charge is 2.36. The first kappa shape index (κ1) is 13.8. The Morgan fingerprint density at radius 1 is 1.00 bits per heavy atom. The van der Waals surface area contributed by atoms with Gasteiger partial charge in [0.05, 0.1) is 0 Å². The molecule has 4 atom stereocenters. The number of fused-ring (bicyclic) bond motifs is 1. The van der Waals surface area contributed by atoms with E-state index in [4.69, 9.17) is 5.73 Å². The van der Waals surface area contributed by atoms with E-state index < -0.39 is 0 Å². The summed E-state index contributed by atoms with van der Waals surface area (Å²) in [7, 11) is 0. The van der Waals surface area contributed by atoms with E-state index in [0.29, 0.717) is 12.1 Å². The third-order valence-electron chi connectivity index (χ3n) is 5.86. The molecule has 1 saturated carbocycles. The highest BCUT2D eigenvalue weighted by Crippen LogP contribution is 2.31. The monoisotopic (exact) mass is 265 g/mol. The molecule has 0 aromatic carbocycles. The van der Waals surface area contributed by atoms with Crippen LogP contribution in [0.2, 0.25) is 0 Å². The number of rotatable bonds is 2. The van der Waals surface area contributed by atoms with Gasteiger partial charge < -0.3 is 5.73 Å². The summed E-state index contributed by atoms with van der Waals surface area (Å²) in [6.45, 7) is 7.57. The Bertz CT molecular complexity index is 294. The maximum absolute atomic E-state index is 6.46. The van der Waals surface area contributed by atoms with Crippen LogP contribution in [-0.4, -0.2) is 54.1 Å². The second kappa shape index (κ2) is 6.11. The van der Waals surface area contributed by atoms with Crippen molar-refractivity contribution in [3.05, 3.63) is 0 Å². The lowest BCUT2D eigenvalue weighted by atomic mass is 9.80. The summed E-state index contributed by atoms with van der Waals surface area (Å²) in [5, 5.41) is 0. The van der Waals surface area contributed by atoms with Crippen molar-refractivity contribution in [1.29, 1.82) is 0 Å². The highest BCUT2D eigenvalue weighted by molar-refractivity contribution is 4.93. The van der Waals surface area contributed by atoms with Crippen LogP contribution in [0.25, 0.3) is 0 Å². The lowest BCUT2D eigenvalue weighted by Crippen LogP contribution is -2.53. The number of nitrogens with two attached hydrogens (primary N) is 1. The Morgan fingerprint density at radius 3 is 2.63 bits per heavy atom. The Morgan fingerprint density at radius 2 is 1.79 bits per heavy atom. The topological polar surface area (TPSA) is 32.5 Å². The van der Waals surface area contributed by atoms with Gasteiger partial charge in [-0.05, 0) is 64.1 Å². The van der Waals surface area contributed by atoms with Crippen molar-refractivity contribution < 1.29 is 0 Å². The van der Waals surface area contributed by atoms with Gasteiger partial charge in [-0.25, -0.2) is 0 Å². The molecule has 3 fully saturated rings. The zero-order chi connectivity index (χ0) is 13.2. The Hall–Kier alpha value is -0.120. The normalized spacial score (nSPS) is 42.0. The van der Waals surface area contributed by atoms with Gasteiger partial charge in [-0.2, -0.15) is 0 Å². The van der Waals surface area contributed by atoms with Crippen molar-refractivity contribution in [1.82, 2.24) is 9.80 Å². The lowest BCUT2D eigenvalue weighted by Gasteiger charge is -2.41. The molecule has 3 nitrogen and oxygen atoms in total. The molecule has 0 amide bonds. The van der Waals surface area contributed by atoms with Gasteiger partial charge in [0.1, 0.15) is 0 Å². The van der Waals surface area contributed by atoms with Gasteiger partial charge >= 0.3 is 0 Å². The van der Waals surface area contributed by atoms with E-state index >= 15 is 0 Å². The van der Waals surface area contributed by atoms with E-state index in [-0.39, 0.29) is 0 Å². The summed E-state index contributed by atoms with van der Waals surface area (Å²) in [5.41, 5.74) is 6.46. The summed E-state index contributed by atoms with van der Waals surface area (Å²) >= 11 is 0. The zero-order valence-corrected chi connectivity index (χ0v) is 12.6. The van der Waals surface area contributed by atoms with E-state index in [1.165, 1.54) is 71.1 Å². The van der Waals surface area contributed by atoms with E-state index in [2.05, 4.69) is 16.7 Å². The minimum atomic E-state index is 0.427. The fourth-order valence-corrected chi connectivity index (χ4v) is 4.58. The Balaban J connectivity index is 1.65. The van der Waals surface area contributed by atoms with Crippen molar-refractivity contribution in [2.24, 2.45) is 11.7 Å². The smallest absolute Gasteiger partial charge is 0.0250 e. The van der Waals surface area contributed by atoms with Gasteiger partial charge in [-0.15, -0.1) is 0 Å². The van der Waals surface area contributed by atoms with Crippen molar-refractivity contribution in [3.8, 4) is 0 Å². The highest BCUT2D eigenvalue weighted by atomic mass is 15.3. The lowest BCUT2D eigenvalue weighted by molar-refractivity contribution is 0.102. The minimum Gasteiger partial charge on any atom is -0.326 e. The second-order valence-electron chi connectivity index (χ2n) is 7.00. The SMILES string of the molecule is CCC1CCC(N)C(N2CCCN3CCCC3C2)C1. The Kier molecular flexibility index (Phi) is 4.45. The molecule has 110 valence electrons. The maximum Gasteiger partial charge on any atom is 0.0250 e. The molecule has 0 radical (unpaired) electrons. The summed E-state index contributed by atoms with van der Waals surface area (Å²) < 4.78 is 0. The first-order valence-corrected chi connectivity index (χ1v) is 8.51. The standard InChI is InChI=1S/C16H31N3/c1-2-13-6-7-15(17)16(11-13)19-10-4-9-18-8-3-5-14(18)12-19/h13-16H,2-12,17H2,1H3. The van der Waals surface area contributed by atoms with Crippen LogP contribution in [-0.2, 0) is 0 Å². The molecule has 0 bridgehead atoms. The molecular formula is C16H31N3. The minimum absolute atomic E-state index is 0.427. The van der Waals surface area contributed by atoms with Gasteiger partial charge in [0, 0.05) is 24.7 Å². The first-order chi connectivity index (χ1) is 9.28. The molecule has 2 N–H and O–H groups in total. The van der Waals surface area contributed by atoms with Gasteiger partial charge in [0.25, 0.3) is 0 Å². The van der Waals surface area contributed by atoms with Gasteiger partial charge in [-0.3, -0.25) is 9.80 Å². The van der Waals surface area contributed by atoms with Gasteiger partial charge in [0.15, 0.2) is 0 Å². The predicted molar refractivity (Wildman–Crippen MR) is 80.2 cm³/mol. The fraction of sp³-hybridized carbons (Fsp3) is 1.00. The fourth-order valence-electron chi connectivity index (χ4n) is 4.58. The summed E-state index contributed by atoms with van der Waals surface area (Å²) in [4.78, 5) is 5.49. The van der Waals surface area contributed by atoms with Crippen LogP contribution < -0.4 is 5.73 Å². The number of hydrogen-bond acceptors (Lipinski definition) is 3. The molecule has 19 heavy (non-hydrogen) atoms. The van der Waals surface area contributed by atoms with Crippen LogP contribution in [0, 0.1) is 5.92 Å². The number of hydrogen-bond donors (Lipinski definition) is 1. The molecule has 2 aliphatic heterocycles. The van der Waals surface area contributed by atoms with E-state index in [0.717, 1.165) is 12.0 Å². The van der Waals surface area contributed by atoms with E-state index in [1.54, 1.807) is 0 Å². The predicted octanol–water partition coefficient (Wildman–Crippen LogP) is 2.06. The molecule has 2 heterocycles. The molecule has 0 aromatic heterocycles. The summed E-state index contributed by atoms with van der Waals surface area (Å²) in [6, 6.07) is 1.92. The van der Waals surface area contributed by atoms with E-state index in [9.17, 15) is 0 Å². The molecule has 3 heteroatoms. The zero-order valence-electron chi connectivity index (χ0n) is 12.6. The van der Waals surface area contributed by atoms with Gasteiger partial charge in [0.2, 0.25) is 0 Å². The van der Waals surface area contributed by atoms with Crippen LogP contribution in [0.1, 0.15) is 51.9 Å². The van der Waals surface area contributed by atoms with Crippen LogP contribution >= 0.6 is 0 Å². The third-order valence-corrected chi connectivity index (χ3v) is 5.86. The molecule has 4 unspecified atom stereocenters. The largest absolute Gasteiger partial charge is 0.326 e. The average Bonchev–Trinajstić information content (AvgIpc) is 2.77. The summed E-state index contributed by atoms with van der Waals surface area (Å²) in [5.74, 6) is 0.924. The van der Waals surface area contributed by atoms with Crippen LogP contribution in [0.5, 0.6) is 0 Å². The maximum atomic E-state index is 6.46. The molecule has 2 saturated heterocycles. The Labute approximate surface area is 118 Å². The quantitative estimate of drug-likeness (QED) is 0.829. The second-order valence-corrected chi connectivity index (χ2v) is 7.00. The summed E-state index contributed by atoms with van der Waals surface area (Å²) in [6.07, 6.45) is 9.46. The molecule has 0 aromatic rings. The third kappa shape index (κ3) is 2.98. The molecular weight excluding hydrogens is 234 g/mol. The number of nitrogens with zero attached hydrogens (tertiary/aromatic N) is 2. The van der Waals surface area contributed by atoms with Crippen molar-refractivity contribution in [2.75, 3.05) is 26.2 Å². The molecule has 0 spiro atoms. The molecule has 1 aliphatic carbocycles. The van der Waals surface area contributed by atoms with Gasteiger partial charge in [-0.1, -0.05) is 13.3 Å². The van der Waals surface area contributed by atoms with Crippen LogP contribution in [0.15, 0.2) is 0 Å². The molecule has 3 rings (SSSR count). The van der Waals surface area contributed by atoms with Crippen LogP contribution in [0.4, 0.5) is 0 Å². The first-order valence-electron chi connectivity index (χ1n) is 8.51. The van der Waals surface area contributed by atoms with Crippen molar-refractivity contribution >= 4 is 0 Å². The van der Waals surface area contributed by atoms with Crippen LogP contribution in [0.3, 0.4) is 0 Å². The van der Waals surface area contributed by atoms with E-state index in [1.807, 2.05) is 0 Å². The molecule has 3 aliphatic rings. The van der Waals surface area contributed by atoms with Crippen molar-refractivity contribution in [3.63, 3.8) is 0 Å². The van der Waals surface area contributed by atoms with Crippen molar-refractivity contribution in [2.45, 2.75) is 70.0 Å². The average molecular weight is 265 g/mol.